The van der Waals surface area contributed by atoms with Crippen LogP contribution in [0.2, 0.25) is 0 Å². The molecular weight excluding hydrogens is 232 g/mol. The first-order chi connectivity index (χ1) is 9.36. The van der Waals surface area contributed by atoms with Crippen LogP contribution < -0.4 is 0 Å². The van der Waals surface area contributed by atoms with E-state index in [0.717, 1.165) is 0 Å². The molecule has 2 nitrogen and oxygen atoms in total. The number of benzene rings is 1. The summed E-state index contributed by atoms with van der Waals surface area (Å²) in [7, 11) is 0. The monoisotopic (exact) mass is 252 g/mol. The summed E-state index contributed by atoms with van der Waals surface area (Å²) in [5, 5.41) is 0. The average molecular weight is 252 g/mol. The molecule has 2 unspecified atom stereocenters. The summed E-state index contributed by atoms with van der Waals surface area (Å²) in [5.74, 6) is 0. The van der Waals surface area contributed by atoms with Gasteiger partial charge in [0.15, 0.2) is 0 Å². The van der Waals surface area contributed by atoms with Gasteiger partial charge in [0.2, 0.25) is 0 Å². The standard InChI is InChI=1S/C17H20N2/c1-14(15-7-3-2-4-8-15)19-12-6-10-17(19)16-9-5-11-18-13-16/h2-5,7-9,11,13-14,17H,6,10,12H2,1H3. The Morgan fingerprint density at radius 2 is 2.00 bits per heavy atom. The lowest BCUT2D eigenvalue weighted by atomic mass is 10.0. The topological polar surface area (TPSA) is 16.1 Å². The lowest BCUT2D eigenvalue weighted by molar-refractivity contribution is 0.194. The van der Waals surface area contributed by atoms with Crippen LogP contribution in [0.15, 0.2) is 54.9 Å². The molecule has 98 valence electrons. The van der Waals surface area contributed by atoms with Crippen LogP contribution >= 0.6 is 0 Å². The van der Waals surface area contributed by atoms with Crippen molar-refractivity contribution in [1.82, 2.24) is 9.88 Å². The van der Waals surface area contributed by atoms with Crippen molar-refractivity contribution < 1.29 is 0 Å². The van der Waals surface area contributed by atoms with Crippen molar-refractivity contribution in [2.45, 2.75) is 31.8 Å². The Kier molecular flexibility index (Phi) is 3.60. The van der Waals surface area contributed by atoms with Crippen molar-refractivity contribution in [3.05, 3.63) is 66.0 Å². The SMILES string of the molecule is CC(c1ccccc1)N1CCCC1c1cccnc1. The third-order valence-electron chi connectivity index (χ3n) is 4.14. The lowest BCUT2D eigenvalue weighted by Crippen LogP contribution is -2.26. The highest BCUT2D eigenvalue weighted by Gasteiger charge is 2.30. The Labute approximate surface area is 115 Å². The van der Waals surface area contributed by atoms with Gasteiger partial charge < -0.3 is 0 Å². The summed E-state index contributed by atoms with van der Waals surface area (Å²) in [5.41, 5.74) is 2.75. The molecule has 0 saturated carbocycles. The Bertz CT molecular complexity index is 509. The molecule has 0 N–H and O–H groups in total. The summed E-state index contributed by atoms with van der Waals surface area (Å²) < 4.78 is 0. The van der Waals surface area contributed by atoms with Crippen LogP contribution in [0.5, 0.6) is 0 Å². The minimum Gasteiger partial charge on any atom is -0.290 e. The molecule has 0 amide bonds. The quantitative estimate of drug-likeness (QED) is 0.821. The Morgan fingerprint density at radius 3 is 2.74 bits per heavy atom. The highest BCUT2D eigenvalue weighted by Crippen LogP contribution is 2.37. The minimum atomic E-state index is 0.467. The van der Waals surface area contributed by atoms with Crippen molar-refractivity contribution in [2.75, 3.05) is 6.54 Å². The largest absolute Gasteiger partial charge is 0.290 e. The molecule has 2 heteroatoms. The zero-order chi connectivity index (χ0) is 13.1. The highest BCUT2D eigenvalue weighted by atomic mass is 15.2. The maximum atomic E-state index is 4.27. The van der Waals surface area contributed by atoms with Gasteiger partial charge in [-0.25, -0.2) is 0 Å². The van der Waals surface area contributed by atoms with Gasteiger partial charge in [-0.2, -0.15) is 0 Å². The molecule has 1 aliphatic heterocycles. The van der Waals surface area contributed by atoms with Crippen molar-refractivity contribution in [2.24, 2.45) is 0 Å². The second-order valence-electron chi connectivity index (χ2n) is 5.27. The van der Waals surface area contributed by atoms with Crippen LogP contribution in [0.3, 0.4) is 0 Å². The number of nitrogens with zero attached hydrogens (tertiary/aromatic N) is 2. The summed E-state index contributed by atoms with van der Waals surface area (Å²) in [6.07, 6.45) is 6.38. The number of likely N-dealkylation sites (tertiary alicyclic amines) is 1. The number of hydrogen-bond acceptors (Lipinski definition) is 2. The van der Waals surface area contributed by atoms with Gasteiger partial charge >= 0.3 is 0 Å². The second kappa shape index (κ2) is 5.54. The van der Waals surface area contributed by atoms with E-state index in [4.69, 9.17) is 0 Å². The van der Waals surface area contributed by atoms with Crippen molar-refractivity contribution in [3.8, 4) is 0 Å². The van der Waals surface area contributed by atoms with Gasteiger partial charge in [-0.1, -0.05) is 36.4 Å². The second-order valence-corrected chi connectivity index (χ2v) is 5.27. The van der Waals surface area contributed by atoms with Crippen LogP contribution in [0.25, 0.3) is 0 Å². The fourth-order valence-corrected chi connectivity index (χ4v) is 3.11. The highest BCUT2D eigenvalue weighted by molar-refractivity contribution is 5.21. The van der Waals surface area contributed by atoms with E-state index in [9.17, 15) is 0 Å². The predicted octanol–water partition coefficient (Wildman–Crippen LogP) is 3.98. The first kappa shape index (κ1) is 12.4. The summed E-state index contributed by atoms with van der Waals surface area (Å²) >= 11 is 0. The third-order valence-corrected chi connectivity index (χ3v) is 4.14. The van der Waals surface area contributed by atoms with E-state index in [2.05, 4.69) is 53.2 Å². The van der Waals surface area contributed by atoms with Crippen molar-refractivity contribution in [3.63, 3.8) is 0 Å². The predicted molar refractivity (Wildman–Crippen MR) is 77.8 cm³/mol. The molecule has 1 saturated heterocycles. The number of pyridine rings is 1. The fraction of sp³-hybridized carbons (Fsp3) is 0.353. The first-order valence-corrected chi connectivity index (χ1v) is 7.07. The number of hydrogen-bond donors (Lipinski definition) is 0. The van der Waals surface area contributed by atoms with E-state index < -0.39 is 0 Å². The van der Waals surface area contributed by atoms with E-state index in [0.29, 0.717) is 12.1 Å². The van der Waals surface area contributed by atoms with E-state index >= 15 is 0 Å². The fourth-order valence-electron chi connectivity index (χ4n) is 3.11. The Balaban J connectivity index is 1.84. The van der Waals surface area contributed by atoms with Gasteiger partial charge in [-0.3, -0.25) is 9.88 Å². The van der Waals surface area contributed by atoms with E-state index in [1.54, 1.807) is 0 Å². The number of aromatic nitrogens is 1. The van der Waals surface area contributed by atoms with Crippen LogP contribution in [-0.2, 0) is 0 Å². The zero-order valence-electron chi connectivity index (χ0n) is 11.4. The van der Waals surface area contributed by atoms with Crippen LogP contribution in [0.1, 0.15) is 43.0 Å². The van der Waals surface area contributed by atoms with E-state index in [1.165, 1.54) is 30.5 Å². The molecule has 1 aromatic heterocycles. The Morgan fingerprint density at radius 1 is 1.16 bits per heavy atom. The van der Waals surface area contributed by atoms with Gasteiger partial charge in [-0.15, -0.1) is 0 Å². The van der Waals surface area contributed by atoms with Gasteiger partial charge in [0.25, 0.3) is 0 Å². The summed E-state index contributed by atoms with van der Waals surface area (Å²) in [6, 6.07) is 16.0. The maximum absolute atomic E-state index is 4.27. The summed E-state index contributed by atoms with van der Waals surface area (Å²) in [4.78, 5) is 6.87. The zero-order valence-corrected chi connectivity index (χ0v) is 11.4. The van der Waals surface area contributed by atoms with Crippen LogP contribution in [0, 0.1) is 0 Å². The third kappa shape index (κ3) is 2.54. The molecule has 0 bridgehead atoms. The minimum absolute atomic E-state index is 0.467. The molecule has 1 aliphatic rings. The van der Waals surface area contributed by atoms with E-state index in [1.807, 2.05) is 18.5 Å². The van der Waals surface area contributed by atoms with Crippen molar-refractivity contribution in [1.29, 1.82) is 0 Å². The maximum Gasteiger partial charge on any atom is 0.0369 e. The van der Waals surface area contributed by atoms with Gasteiger partial charge in [-0.05, 0) is 43.5 Å². The number of rotatable bonds is 3. The summed E-state index contributed by atoms with van der Waals surface area (Å²) in [6.45, 7) is 3.49. The molecule has 2 aromatic rings. The molecule has 3 rings (SSSR count). The average Bonchev–Trinajstić information content (AvgIpc) is 2.98. The van der Waals surface area contributed by atoms with Gasteiger partial charge in [0, 0.05) is 24.5 Å². The molecule has 1 aromatic carbocycles. The van der Waals surface area contributed by atoms with Gasteiger partial charge in [0.05, 0.1) is 0 Å². The first-order valence-electron chi connectivity index (χ1n) is 7.07. The smallest absolute Gasteiger partial charge is 0.0369 e. The molecule has 19 heavy (non-hydrogen) atoms. The molecule has 2 heterocycles. The molecule has 2 atom stereocenters. The normalized spacial score (nSPS) is 21.4. The molecule has 0 aliphatic carbocycles. The molecule has 1 fully saturated rings. The van der Waals surface area contributed by atoms with E-state index in [-0.39, 0.29) is 0 Å². The molecule has 0 spiro atoms. The Hall–Kier alpha value is -1.67. The lowest BCUT2D eigenvalue weighted by Gasteiger charge is -2.31. The molecule has 0 radical (unpaired) electrons. The van der Waals surface area contributed by atoms with Crippen LogP contribution in [-0.4, -0.2) is 16.4 Å². The van der Waals surface area contributed by atoms with Crippen LogP contribution in [0.4, 0.5) is 0 Å². The van der Waals surface area contributed by atoms with Crippen molar-refractivity contribution >= 4 is 0 Å². The molecular formula is C17H20N2. The van der Waals surface area contributed by atoms with Gasteiger partial charge in [0.1, 0.15) is 0 Å².